The second-order valence-electron chi connectivity index (χ2n) is 3.34. The first-order valence-electron chi connectivity index (χ1n) is 3.74. The fraction of sp³-hybridized carbons (Fsp3) is 0.714. The predicted octanol–water partition coefficient (Wildman–Crippen LogP) is 1.09. The zero-order chi connectivity index (χ0) is 9.19. The Morgan fingerprint density at radius 2 is 2.33 bits per heavy atom. The molecule has 0 bridgehead atoms. The monoisotopic (exact) mass is 168 g/mol. The van der Waals surface area contributed by atoms with E-state index in [4.69, 9.17) is 0 Å². The van der Waals surface area contributed by atoms with Crippen molar-refractivity contribution in [3.05, 3.63) is 17.1 Å². The van der Waals surface area contributed by atoms with Crippen LogP contribution in [0, 0.1) is 11.8 Å². The Labute approximate surface area is 70.8 Å². The van der Waals surface area contributed by atoms with Crippen LogP contribution >= 0.6 is 0 Å². The quantitative estimate of drug-likeness (QED) is 0.634. The molecule has 0 aromatic carbocycles. The van der Waals surface area contributed by atoms with Crippen LogP contribution in [0.25, 0.3) is 0 Å². The van der Waals surface area contributed by atoms with E-state index in [-0.39, 0.29) is 12.1 Å². The summed E-state index contributed by atoms with van der Waals surface area (Å²) in [5.41, 5.74) is -0.372. The molecule has 0 aliphatic carbocycles. The molecule has 66 valence electrons. The fourth-order valence-electron chi connectivity index (χ4n) is 0.868. The molecule has 5 nitrogen and oxygen atoms in total. The zero-order valence-electron chi connectivity index (χ0n) is 7.48. The highest BCUT2D eigenvalue weighted by Gasteiger charge is 2.21. The molecule has 0 aliphatic rings. The van der Waals surface area contributed by atoms with Gasteiger partial charge in [0, 0.05) is 0 Å². The lowest BCUT2D eigenvalue weighted by molar-refractivity contribution is 0.328. The predicted molar refractivity (Wildman–Crippen MR) is 44.7 cm³/mol. The summed E-state index contributed by atoms with van der Waals surface area (Å²) >= 11 is 0. The third kappa shape index (κ3) is 1.66. The number of nitrogens with zero attached hydrogens (tertiary/aromatic N) is 4. The average molecular weight is 168 g/mol. The molecule has 0 unspecified atom stereocenters. The van der Waals surface area contributed by atoms with E-state index in [2.05, 4.69) is 15.3 Å². The Morgan fingerprint density at radius 3 is 2.75 bits per heavy atom. The van der Waals surface area contributed by atoms with Gasteiger partial charge >= 0.3 is 0 Å². The third-order valence-electron chi connectivity index (χ3n) is 1.68. The Kier molecular flexibility index (Phi) is 2.21. The van der Waals surface area contributed by atoms with Crippen molar-refractivity contribution in [3.8, 4) is 0 Å². The summed E-state index contributed by atoms with van der Waals surface area (Å²) in [7, 11) is 0. The SMILES string of the molecule is Cc1ncn(C(C)(C)CN=O)n1. The van der Waals surface area contributed by atoms with Gasteiger partial charge in [-0.05, 0) is 20.8 Å². The van der Waals surface area contributed by atoms with E-state index < -0.39 is 0 Å². The molecule has 0 spiro atoms. The minimum absolute atomic E-state index is 0.204. The number of aryl methyl sites for hydroxylation is 1. The van der Waals surface area contributed by atoms with E-state index in [0.29, 0.717) is 5.82 Å². The molecule has 0 saturated carbocycles. The minimum atomic E-state index is -0.372. The van der Waals surface area contributed by atoms with Crippen LogP contribution in [0.15, 0.2) is 11.5 Å². The number of rotatable bonds is 3. The molecular formula is C7H12N4O. The molecule has 0 radical (unpaired) electrons. The molecule has 1 rings (SSSR count). The molecule has 0 amide bonds. The molecule has 1 heterocycles. The molecule has 0 aliphatic heterocycles. The van der Waals surface area contributed by atoms with E-state index in [1.54, 1.807) is 17.9 Å². The molecular weight excluding hydrogens is 156 g/mol. The van der Waals surface area contributed by atoms with Gasteiger partial charge in [0.25, 0.3) is 0 Å². The van der Waals surface area contributed by atoms with Crippen LogP contribution in [0.1, 0.15) is 19.7 Å². The van der Waals surface area contributed by atoms with Crippen molar-refractivity contribution in [1.29, 1.82) is 0 Å². The van der Waals surface area contributed by atoms with Gasteiger partial charge in [-0.25, -0.2) is 9.67 Å². The highest BCUT2D eigenvalue weighted by molar-refractivity contribution is 4.84. The molecule has 0 N–H and O–H groups in total. The van der Waals surface area contributed by atoms with Crippen molar-refractivity contribution in [2.75, 3.05) is 6.54 Å². The summed E-state index contributed by atoms with van der Waals surface area (Å²) in [5.74, 6) is 0.703. The summed E-state index contributed by atoms with van der Waals surface area (Å²) < 4.78 is 1.66. The van der Waals surface area contributed by atoms with Gasteiger partial charge in [-0.3, -0.25) is 0 Å². The van der Waals surface area contributed by atoms with Crippen LogP contribution in [0.3, 0.4) is 0 Å². The summed E-state index contributed by atoms with van der Waals surface area (Å²) in [6, 6.07) is 0. The molecule has 0 atom stereocenters. The molecule has 1 aromatic heterocycles. The second kappa shape index (κ2) is 3.00. The van der Waals surface area contributed by atoms with E-state index >= 15 is 0 Å². The van der Waals surface area contributed by atoms with Crippen LogP contribution in [0.2, 0.25) is 0 Å². The maximum absolute atomic E-state index is 10.1. The lowest BCUT2D eigenvalue weighted by Crippen LogP contribution is -2.30. The van der Waals surface area contributed by atoms with Gasteiger partial charge in [0.05, 0.1) is 5.54 Å². The zero-order valence-corrected chi connectivity index (χ0v) is 7.48. The number of aromatic nitrogens is 3. The summed E-state index contributed by atoms with van der Waals surface area (Å²) in [6.45, 7) is 5.79. The van der Waals surface area contributed by atoms with Gasteiger partial charge in [-0.1, -0.05) is 5.18 Å². The Bertz CT molecular complexity index is 279. The van der Waals surface area contributed by atoms with Crippen LogP contribution in [-0.2, 0) is 5.54 Å². The lowest BCUT2D eigenvalue weighted by atomic mass is 10.1. The summed E-state index contributed by atoms with van der Waals surface area (Å²) in [4.78, 5) is 14.1. The lowest BCUT2D eigenvalue weighted by Gasteiger charge is -2.20. The van der Waals surface area contributed by atoms with Gasteiger partial charge in [0.15, 0.2) is 0 Å². The van der Waals surface area contributed by atoms with Gasteiger partial charge in [-0.2, -0.15) is 10.0 Å². The molecule has 1 aromatic rings. The standard InChI is InChI=1S/C7H12N4O/c1-6-8-5-11(10-6)7(2,3)4-9-12/h5H,4H2,1-3H3. The molecule has 0 saturated heterocycles. The van der Waals surface area contributed by atoms with Gasteiger partial charge in [-0.15, -0.1) is 0 Å². The Hall–Kier alpha value is -1.26. The Morgan fingerprint density at radius 1 is 1.67 bits per heavy atom. The van der Waals surface area contributed by atoms with Crippen molar-refractivity contribution in [2.45, 2.75) is 26.3 Å². The molecule has 5 heteroatoms. The van der Waals surface area contributed by atoms with Crippen molar-refractivity contribution >= 4 is 0 Å². The van der Waals surface area contributed by atoms with Crippen molar-refractivity contribution in [3.63, 3.8) is 0 Å². The largest absolute Gasteiger partial charge is 0.245 e. The summed E-state index contributed by atoms with van der Waals surface area (Å²) in [5, 5.41) is 6.96. The molecule has 12 heavy (non-hydrogen) atoms. The van der Waals surface area contributed by atoms with Crippen LogP contribution in [0.5, 0.6) is 0 Å². The van der Waals surface area contributed by atoms with Gasteiger partial charge in [0.2, 0.25) is 0 Å². The van der Waals surface area contributed by atoms with E-state index in [9.17, 15) is 4.91 Å². The van der Waals surface area contributed by atoms with E-state index in [1.165, 1.54) is 0 Å². The van der Waals surface area contributed by atoms with Crippen molar-refractivity contribution in [2.24, 2.45) is 5.18 Å². The first-order valence-corrected chi connectivity index (χ1v) is 3.74. The topological polar surface area (TPSA) is 60.1 Å². The minimum Gasteiger partial charge on any atom is -0.245 e. The highest BCUT2D eigenvalue weighted by Crippen LogP contribution is 2.13. The van der Waals surface area contributed by atoms with E-state index in [1.807, 2.05) is 13.8 Å². The van der Waals surface area contributed by atoms with E-state index in [0.717, 1.165) is 0 Å². The smallest absolute Gasteiger partial charge is 0.147 e. The number of hydrogen-bond acceptors (Lipinski definition) is 4. The van der Waals surface area contributed by atoms with Crippen molar-refractivity contribution in [1.82, 2.24) is 14.8 Å². The maximum atomic E-state index is 10.1. The maximum Gasteiger partial charge on any atom is 0.147 e. The number of nitroso groups, excluding NO2 is 1. The average Bonchev–Trinajstić information content (AvgIpc) is 2.36. The Balaban J connectivity index is 2.88. The van der Waals surface area contributed by atoms with Gasteiger partial charge in [0.1, 0.15) is 18.7 Å². The fourth-order valence-corrected chi connectivity index (χ4v) is 0.868. The van der Waals surface area contributed by atoms with Crippen LogP contribution in [0.4, 0.5) is 0 Å². The second-order valence-corrected chi connectivity index (χ2v) is 3.34. The summed E-state index contributed by atoms with van der Waals surface area (Å²) in [6.07, 6.45) is 1.61. The van der Waals surface area contributed by atoms with Crippen molar-refractivity contribution < 1.29 is 0 Å². The first kappa shape index (κ1) is 8.83. The van der Waals surface area contributed by atoms with Gasteiger partial charge < -0.3 is 0 Å². The van der Waals surface area contributed by atoms with Crippen LogP contribution in [-0.4, -0.2) is 21.3 Å². The highest BCUT2D eigenvalue weighted by atomic mass is 16.3. The first-order chi connectivity index (χ1) is 5.56. The number of hydrogen-bond donors (Lipinski definition) is 0. The normalized spacial score (nSPS) is 11.6. The third-order valence-corrected chi connectivity index (χ3v) is 1.68. The van der Waals surface area contributed by atoms with Crippen LogP contribution < -0.4 is 0 Å². The molecule has 0 fully saturated rings.